The van der Waals surface area contributed by atoms with E-state index in [-0.39, 0.29) is 38.4 Å². The molecule has 0 unspecified atom stereocenters. The highest BCUT2D eigenvalue weighted by Gasteiger charge is 2.06. The van der Waals surface area contributed by atoms with E-state index in [0.29, 0.717) is 11.1 Å². The molecule has 0 aliphatic heterocycles. The van der Waals surface area contributed by atoms with E-state index < -0.39 is 0 Å². The number of hydrogen-bond donors (Lipinski definition) is 0. The van der Waals surface area contributed by atoms with Gasteiger partial charge in [-0.1, -0.05) is 36.4 Å². The highest BCUT2D eigenvalue weighted by atomic mass is 16.6. The third-order valence-corrected chi connectivity index (χ3v) is 2.94. The largest absolute Gasteiger partial charge is 0.460 e. The molecule has 5 heteroatoms. The van der Waals surface area contributed by atoms with Gasteiger partial charge in [-0.3, -0.25) is 0 Å². The van der Waals surface area contributed by atoms with Gasteiger partial charge in [0.2, 0.25) is 0 Å². The lowest BCUT2D eigenvalue weighted by molar-refractivity contribution is 0.0151. The molecule has 0 saturated carbocycles. The fraction of sp³-hybridized carbons (Fsp3) is 0.182. The molecule has 0 heterocycles. The molecule has 0 spiro atoms. The Hall–Kier alpha value is -3.18. The molecule has 0 N–H and O–H groups in total. The normalized spacial score (nSPS) is 8.89. The van der Waals surface area contributed by atoms with E-state index in [1.165, 1.54) is 0 Å². The van der Waals surface area contributed by atoms with E-state index >= 15 is 0 Å². The number of carbonyl (C=O) groups excluding carboxylic acids is 2. The van der Waals surface area contributed by atoms with E-state index in [2.05, 4.69) is 26.3 Å². The van der Waals surface area contributed by atoms with Gasteiger partial charge < -0.3 is 14.2 Å². The van der Waals surface area contributed by atoms with Crippen LogP contribution in [-0.4, -0.2) is 38.4 Å². The molecule has 5 nitrogen and oxygen atoms in total. The topological polar surface area (TPSA) is 61.8 Å². The average Bonchev–Trinajstić information content (AvgIpc) is 2.76. The minimum atomic E-state index is -0.385. The summed E-state index contributed by atoms with van der Waals surface area (Å²) in [7, 11) is 0. The lowest BCUT2D eigenvalue weighted by Crippen LogP contribution is -2.14. The van der Waals surface area contributed by atoms with Crippen LogP contribution in [0.5, 0.6) is 0 Å². The van der Waals surface area contributed by atoms with Crippen LogP contribution < -0.4 is 0 Å². The van der Waals surface area contributed by atoms with Crippen molar-refractivity contribution in [3.63, 3.8) is 0 Å². The minimum Gasteiger partial charge on any atom is -0.460 e. The number of rotatable bonds is 8. The summed E-state index contributed by atoms with van der Waals surface area (Å²) >= 11 is 0. The van der Waals surface area contributed by atoms with Gasteiger partial charge in [0.25, 0.3) is 0 Å². The number of ether oxygens (including phenoxy) is 3. The summed E-state index contributed by atoms with van der Waals surface area (Å²) < 4.78 is 15.4. The Morgan fingerprint density at radius 3 is 1.26 bits per heavy atom. The van der Waals surface area contributed by atoms with Gasteiger partial charge in [0.1, 0.15) is 13.2 Å². The Balaban J connectivity index is 0.00000158. The van der Waals surface area contributed by atoms with Gasteiger partial charge in [-0.05, 0) is 24.3 Å². The van der Waals surface area contributed by atoms with Crippen molar-refractivity contribution in [3.8, 4) is 0 Å². The summed E-state index contributed by atoms with van der Waals surface area (Å²) in [6.45, 7) is 12.8. The van der Waals surface area contributed by atoms with Gasteiger partial charge in [-0.2, -0.15) is 0 Å². The van der Waals surface area contributed by atoms with Gasteiger partial charge in [0.05, 0.1) is 24.3 Å². The quantitative estimate of drug-likeness (QED) is 0.393. The van der Waals surface area contributed by atoms with Gasteiger partial charge in [0.15, 0.2) is 0 Å². The van der Waals surface area contributed by atoms with E-state index in [9.17, 15) is 9.59 Å². The lowest BCUT2D eigenvalue weighted by atomic mass is 10.2. The number of hydrogen-bond acceptors (Lipinski definition) is 5. The van der Waals surface area contributed by atoms with Crippen molar-refractivity contribution in [1.29, 1.82) is 0 Å². The second kappa shape index (κ2) is 16.3. The van der Waals surface area contributed by atoms with Crippen LogP contribution in [0.25, 0.3) is 0 Å². The predicted molar refractivity (Wildman–Crippen MR) is 107 cm³/mol. The zero-order chi connectivity index (χ0) is 20.3. The fourth-order valence-corrected chi connectivity index (χ4v) is 1.80. The second-order valence-corrected chi connectivity index (χ2v) is 4.62. The Morgan fingerprint density at radius 2 is 0.926 bits per heavy atom. The van der Waals surface area contributed by atoms with E-state index in [1.807, 2.05) is 12.1 Å². The Morgan fingerprint density at radius 1 is 0.593 bits per heavy atom. The maximum absolute atomic E-state index is 11.6. The van der Waals surface area contributed by atoms with Crippen molar-refractivity contribution in [1.82, 2.24) is 0 Å². The predicted octanol–water partition coefficient (Wildman–Crippen LogP) is 4.32. The van der Waals surface area contributed by atoms with E-state index in [4.69, 9.17) is 14.2 Å². The molecule has 0 amide bonds. The molecule has 0 aromatic heterocycles. The van der Waals surface area contributed by atoms with Gasteiger partial charge in [-0.25, -0.2) is 9.59 Å². The number of esters is 2. The first-order valence-corrected chi connectivity index (χ1v) is 8.29. The summed E-state index contributed by atoms with van der Waals surface area (Å²) in [6.07, 6.45) is 0. The summed E-state index contributed by atoms with van der Waals surface area (Å²) in [5, 5.41) is 0. The van der Waals surface area contributed by atoms with Crippen LogP contribution >= 0.6 is 0 Å². The third-order valence-electron chi connectivity index (χ3n) is 2.94. The first-order valence-electron chi connectivity index (χ1n) is 8.29. The van der Waals surface area contributed by atoms with Crippen LogP contribution in [0.3, 0.4) is 0 Å². The van der Waals surface area contributed by atoms with Crippen LogP contribution in [0.4, 0.5) is 0 Å². The molecule has 2 rings (SSSR count). The SMILES string of the molecule is C=C.C=C.O=C(OCCOCCOC(=O)c1ccccc1)c1ccccc1. The third kappa shape index (κ3) is 10.4. The smallest absolute Gasteiger partial charge is 0.338 e. The molecular weight excluding hydrogens is 344 g/mol. The zero-order valence-corrected chi connectivity index (χ0v) is 15.5. The lowest BCUT2D eigenvalue weighted by Gasteiger charge is -2.07. The fourth-order valence-electron chi connectivity index (χ4n) is 1.80. The van der Waals surface area contributed by atoms with Crippen LogP contribution in [0.1, 0.15) is 20.7 Å². The molecule has 0 aliphatic carbocycles. The molecule has 27 heavy (non-hydrogen) atoms. The monoisotopic (exact) mass is 370 g/mol. The maximum Gasteiger partial charge on any atom is 0.338 e. The molecule has 0 saturated heterocycles. The Bertz CT molecular complexity index is 583. The molecule has 2 aromatic carbocycles. The van der Waals surface area contributed by atoms with Crippen LogP contribution in [-0.2, 0) is 14.2 Å². The van der Waals surface area contributed by atoms with Gasteiger partial charge >= 0.3 is 11.9 Å². The van der Waals surface area contributed by atoms with Gasteiger partial charge in [0, 0.05) is 0 Å². The van der Waals surface area contributed by atoms with Crippen molar-refractivity contribution in [3.05, 3.63) is 98.1 Å². The van der Waals surface area contributed by atoms with Crippen molar-refractivity contribution >= 4 is 11.9 Å². The molecule has 0 bridgehead atoms. The number of carbonyl (C=O) groups is 2. The standard InChI is InChI=1S/C18H18O5.2C2H4/c19-17(15-7-3-1-4-8-15)22-13-11-21-12-14-23-18(20)16-9-5-2-6-10-16;2*1-2/h1-10H,11-14H2;2*1-2H2. The van der Waals surface area contributed by atoms with Crippen LogP contribution in [0, 0.1) is 0 Å². The minimum absolute atomic E-state index is 0.153. The average molecular weight is 370 g/mol. The maximum atomic E-state index is 11.6. The Kier molecular flexibility index (Phi) is 14.4. The van der Waals surface area contributed by atoms with E-state index in [1.54, 1.807) is 48.5 Å². The van der Waals surface area contributed by atoms with Crippen LogP contribution in [0.2, 0.25) is 0 Å². The molecule has 0 fully saturated rings. The van der Waals surface area contributed by atoms with Crippen molar-refractivity contribution in [2.75, 3.05) is 26.4 Å². The Labute approximate surface area is 160 Å². The van der Waals surface area contributed by atoms with Crippen molar-refractivity contribution in [2.24, 2.45) is 0 Å². The highest BCUT2D eigenvalue weighted by Crippen LogP contribution is 2.02. The molecule has 0 aliphatic rings. The molecule has 2 aromatic rings. The zero-order valence-electron chi connectivity index (χ0n) is 15.5. The van der Waals surface area contributed by atoms with E-state index in [0.717, 1.165) is 0 Å². The van der Waals surface area contributed by atoms with Gasteiger partial charge in [-0.15, -0.1) is 26.3 Å². The highest BCUT2D eigenvalue weighted by molar-refractivity contribution is 5.89. The number of benzene rings is 2. The summed E-state index contributed by atoms with van der Waals surface area (Å²) in [4.78, 5) is 23.3. The van der Waals surface area contributed by atoms with Crippen molar-refractivity contribution < 1.29 is 23.8 Å². The van der Waals surface area contributed by atoms with Crippen molar-refractivity contribution in [2.45, 2.75) is 0 Å². The molecule has 144 valence electrons. The van der Waals surface area contributed by atoms with Crippen LogP contribution in [0.15, 0.2) is 87.0 Å². The first-order chi connectivity index (χ1) is 13.3. The molecule has 0 radical (unpaired) electrons. The second-order valence-electron chi connectivity index (χ2n) is 4.62. The summed E-state index contributed by atoms with van der Waals surface area (Å²) in [6, 6.07) is 17.5. The molecule has 0 atom stereocenters. The molecular formula is C22H26O5. The summed E-state index contributed by atoms with van der Waals surface area (Å²) in [5.41, 5.74) is 1.01. The summed E-state index contributed by atoms with van der Waals surface area (Å²) in [5.74, 6) is -0.769. The first kappa shape index (κ1) is 23.8.